The Balaban J connectivity index is 1.86. The first-order valence-electron chi connectivity index (χ1n) is 8.09. The number of carbonyl (C=O) groups is 1. The zero-order chi connectivity index (χ0) is 18.7. The molecule has 0 unspecified atom stereocenters. The van der Waals surface area contributed by atoms with Gasteiger partial charge < -0.3 is 15.7 Å². The van der Waals surface area contributed by atoms with Gasteiger partial charge in [-0.2, -0.15) is 10.1 Å². The van der Waals surface area contributed by atoms with Crippen LogP contribution in [-0.4, -0.2) is 30.8 Å². The summed E-state index contributed by atoms with van der Waals surface area (Å²) in [4.78, 5) is 19.9. The van der Waals surface area contributed by atoms with Gasteiger partial charge in [-0.3, -0.25) is 4.68 Å². The van der Waals surface area contributed by atoms with E-state index in [4.69, 9.17) is 0 Å². The molecule has 0 aliphatic heterocycles. The fraction of sp³-hybridized carbons (Fsp3) is 0.222. The molecule has 134 valence electrons. The minimum Gasteiger partial charge on any atom is -0.477 e. The van der Waals surface area contributed by atoms with Crippen molar-refractivity contribution < 1.29 is 9.90 Å². The molecule has 1 aromatic carbocycles. The first kappa shape index (κ1) is 17.4. The van der Waals surface area contributed by atoms with Crippen LogP contribution in [0, 0.1) is 13.8 Å². The van der Waals surface area contributed by atoms with Gasteiger partial charge in [0.15, 0.2) is 0 Å². The number of nitrogens with one attached hydrogen (secondary N) is 2. The number of carboxylic acid groups (broad SMARTS) is 1. The molecule has 0 saturated carbocycles. The van der Waals surface area contributed by atoms with Crippen molar-refractivity contribution in [3.05, 3.63) is 59.0 Å². The average molecular weight is 352 g/mol. The topological polar surface area (TPSA) is 105 Å². The van der Waals surface area contributed by atoms with Gasteiger partial charge >= 0.3 is 5.97 Å². The lowest BCUT2D eigenvalue weighted by molar-refractivity contribution is 0.0697. The zero-order valence-corrected chi connectivity index (χ0v) is 14.8. The smallest absolute Gasteiger partial charge is 0.341 e. The van der Waals surface area contributed by atoms with E-state index in [0.717, 1.165) is 22.4 Å². The summed E-state index contributed by atoms with van der Waals surface area (Å²) in [7, 11) is 1.80. The molecule has 0 bridgehead atoms. The summed E-state index contributed by atoms with van der Waals surface area (Å²) in [6.07, 6.45) is 4.71. The Morgan fingerprint density at radius 1 is 1.23 bits per heavy atom. The van der Waals surface area contributed by atoms with E-state index in [1.807, 2.05) is 32.0 Å². The first-order valence-corrected chi connectivity index (χ1v) is 8.09. The van der Waals surface area contributed by atoms with Crippen molar-refractivity contribution in [1.29, 1.82) is 0 Å². The normalized spacial score (nSPS) is 10.6. The molecule has 3 aromatic rings. The van der Waals surface area contributed by atoms with Crippen LogP contribution in [0.4, 0.5) is 17.5 Å². The summed E-state index contributed by atoms with van der Waals surface area (Å²) < 4.78 is 1.65. The Morgan fingerprint density at radius 2 is 1.96 bits per heavy atom. The molecule has 26 heavy (non-hydrogen) atoms. The molecule has 3 N–H and O–H groups in total. The quantitative estimate of drug-likeness (QED) is 0.626. The van der Waals surface area contributed by atoms with Gasteiger partial charge in [0.1, 0.15) is 11.4 Å². The van der Waals surface area contributed by atoms with Gasteiger partial charge in [-0.1, -0.05) is 18.2 Å². The van der Waals surface area contributed by atoms with Crippen molar-refractivity contribution in [2.24, 2.45) is 7.05 Å². The number of anilines is 3. The molecule has 0 spiro atoms. The van der Waals surface area contributed by atoms with Crippen LogP contribution in [0.5, 0.6) is 0 Å². The molecule has 2 aromatic heterocycles. The predicted octanol–water partition coefficient (Wildman–Crippen LogP) is 2.88. The van der Waals surface area contributed by atoms with Crippen LogP contribution < -0.4 is 10.6 Å². The minimum absolute atomic E-state index is 0.0213. The Kier molecular flexibility index (Phi) is 4.83. The lowest BCUT2D eigenvalue weighted by atomic mass is 10.0. The van der Waals surface area contributed by atoms with Gasteiger partial charge in [0.25, 0.3) is 0 Å². The van der Waals surface area contributed by atoms with E-state index in [2.05, 4.69) is 25.7 Å². The highest BCUT2D eigenvalue weighted by molar-refractivity contribution is 5.93. The van der Waals surface area contributed by atoms with Gasteiger partial charge in [-0.25, -0.2) is 9.78 Å². The third-order valence-electron chi connectivity index (χ3n) is 4.06. The Hall–Kier alpha value is -3.42. The van der Waals surface area contributed by atoms with E-state index in [9.17, 15) is 9.90 Å². The standard InChI is InChI=1S/C18H20N6O2/c1-11-5-4-6-12(2)14(11)8-19-16-15(17(25)26)9-20-18(23-16)22-13-7-21-24(3)10-13/h4-7,9-10H,8H2,1-3H3,(H,25,26)(H2,19,20,22,23). The maximum Gasteiger partial charge on any atom is 0.341 e. The van der Waals surface area contributed by atoms with E-state index < -0.39 is 5.97 Å². The number of benzene rings is 1. The highest BCUT2D eigenvalue weighted by Crippen LogP contribution is 2.20. The molecule has 2 heterocycles. The number of nitrogens with zero attached hydrogens (tertiary/aromatic N) is 4. The maximum atomic E-state index is 11.5. The monoisotopic (exact) mass is 352 g/mol. The number of aromatic nitrogens is 4. The summed E-state index contributed by atoms with van der Waals surface area (Å²) in [6.45, 7) is 4.52. The van der Waals surface area contributed by atoms with Gasteiger partial charge in [-0.05, 0) is 30.5 Å². The minimum atomic E-state index is -1.08. The van der Waals surface area contributed by atoms with E-state index >= 15 is 0 Å². The second kappa shape index (κ2) is 7.22. The van der Waals surface area contributed by atoms with E-state index in [-0.39, 0.29) is 11.4 Å². The maximum absolute atomic E-state index is 11.5. The van der Waals surface area contributed by atoms with Crippen LogP contribution in [-0.2, 0) is 13.6 Å². The molecule has 0 saturated heterocycles. The summed E-state index contributed by atoms with van der Waals surface area (Å²) in [5, 5.41) is 19.6. The van der Waals surface area contributed by atoms with Gasteiger partial charge in [0.05, 0.1) is 11.9 Å². The molecule has 8 nitrogen and oxygen atoms in total. The molecule has 3 rings (SSSR count). The van der Waals surface area contributed by atoms with Crippen LogP contribution >= 0.6 is 0 Å². The Morgan fingerprint density at radius 3 is 2.58 bits per heavy atom. The third-order valence-corrected chi connectivity index (χ3v) is 4.06. The van der Waals surface area contributed by atoms with E-state index in [0.29, 0.717) is 12.5 Å². The first-order chi connectivity index (χ1) is 12.4. The van der Waals surface area contributed by atoms with E-state index in [1.165, 1.54) is 6.20 Å². The van der Waals surface area contributed by atoms with Crippen molar-refractivity contribution in [1.82, 2.24) is 19.7 Å². The second-order valence-electron chi connectivity index (χ2n) is 6.01. The van der Waals surface area contributed by atoms with Gasteiger partial charge in [0.2, 0.25) is 5.95 Å². The molecule has 0 aliphatic carbocycles. The molecule has 0 amide bonds. The summed E-state index contributed by atoms with van der Waals surface area (Å²) in [5.74, 6) is -0.518. The number of carboxylic acids is 1. The van der Waals surface area contributed by atoms with Crippen molar-refractivity contribution in [3.8, 4) is 0 Å². The zero-order valence-electron chi connectivity index (χ0n) is 14.8. The number of aromatic carboxylic acids is 1. The Labute approximate surface area is 150 Å². The Bertz CT molecular complexity index is 930. The average Bonchev–Trinajstić information content (AvgIpc) is 2.99. The molecular formula is C18H20N6O2. The largest absolute Gasteiger partial charge is 0.477 e. The fourth-order valence-electron chi connectivity index (χ4n) is 2.65. The summed E-state index contributed by atoms with van der Waals surface area (Å²) in [5.41, 5.74) is 4.13. The van der Waals surface area contributed by atoms with Crippen LogP contribution in [0.3, 0.4) is 0 Å². The highest BCUT2D eigenvalue weighted by Gasteiger charge is 2.15. The molecule has 0 radical (unpaired) electrons. The van der Waals surface area contributed by atoms with Crippen LogP contribution in [0.15, 0.2) is 36.8 Å². The van der Waals surface area contributed by atoms with Crippen molar-refractivity contribution >= 4 is 23.4 Å². The number of hydrogen-bond donors (Lipinski definition) is 3. The molecule has 0 atom stereocenters. The van der Waals surface area contributed by atoms with Gasteiger partial charge in [-0.15, -0.1) is 0 Å². The van der Waals surface area contributed by atoms with Crippen molar-refractivity contribution in [2.45, 2.75) is 20.4 Å². The molecule has 0 aliphatic rings. The second-order valence-corrected chi connectivity index (χ2v) is 6.01. The van der Waals surface area contributed by atoms with Crippen molar-refractivity contribution in [2.75, 3.05) is 10.6 Å². The SMILES string of the molecule is Cc1cccc(C)c1CNc1nc(Nc2cnn(C)c2)ncc1C(=O)O. The molecular weight excluding hydrogens is 332 g/mol. The summed E-state index contributed by atoms with van der Waals surface area (Å²) in [6, 6.07) is 6.05. The molecule has 8 heteroatoms. The van der Waals surface area contributed by atoms with E-state index in [1.54, 1.807) is 24.1 Å². The number of hydrogen-bond acceptors (Lipinski definition) is 6. The fourth-order valence-corrected chi connectivity index (χ4v) is 2.65. The third kappa shape index (κ3) is 3.80. The van der Waals surface area contributed by atoms with Crippen LogP contribution in [0.2, 0.25) is 0 Å². The number of rotatable bonds is 6. The lowest BCUT2D eigenvalue weighted by Crippen LogP contribution is -2.12. The summed E-state index contributed by atoms with van der Waals surface area (Å²) >= 11 is 0. The lowest BCUT2D eigenvalue weighted by Gasteiger charge is -2.13. The molecule has 0 fully saturated rings. The van der Waals surface area contributed by atoms with Gasteiger partial charge in [0, 0.05) is 26.0 Å². The predicted molar refractivity (Wildman–Crippen MR) is 98.7 cm³/mol. The van der Waals surface area contributed by atoms with Crippen LogP contribution in [0.1, 0.15) is 27.0 Å². The highest BCUT2D eigenvalue weighted by atomic mass is 16.4. The van der Waals surface area contributed by atoms with Crippen molar-refractivity contribution in [3.63, 3.8) is 0 Å². The number of aryl methyl sites for hydroxylation is 3. The van der Waals surface area contributed by atoms with Crippen LogP contribution in [0.25, 0.3) is 0 Å².